The Kier molecular flexibility index (Phi) is 8.95. The first-order chi connectivity index (χ1) is 16.5. The number of hydrogen-bond donors (Lipinski definition) is 1. The molecular weight excluding hydrogens is 438 g/mol. The van der Waals surface area contributed by atoms with Crippen LogP contribution in [0.25, 0.3) is 0 Å². The van der Waals surface area contributed by atoms with E-state index in [4.69, 9.17) is 4.74 Å². The quantitative estimate of drug-likeness (QED) is 0.515. The Hall–Kier alpha value is -2.86. The molecule has 1 aliphatic rings. The van der Waals surface area contributed by atoms with Crippen LogP contribution in [0.1, 0.15) is 64.7 Å². The van der Waals surface area contributed by atoms with E-state index in [2.05, 4.69) is 30.1 Å². The van der Waals surface area contributed by atoms with Gasteiger partial charge >= 0.3 is 6.09 Å². The van der Waals surface area contributed by atoms with Crippen LogP contribution in [-0.2, 0) is 29.0 Å². The van der Waals surface area contributed by atoms with Crippen LogP contribution in [0.2, 0.25) is 0 Å². The molecule has 0 fully saturated rings. The molecule has 1 N–H and O–H groups in total. The van der Waals surface area contributed by atoms with E-state index in [1.165, 1.54) is 11.1 Å². The van der Waals surface area contributed by atoms with E-state index in [-0.39, 0.29) is 12.0 Å². The van der Waals surface area contributed by atoms with Crippen LogP contribution in [0.5, 0.6) is 0 Å². The van der Waals surface area contributed by atoms with Crippen molar-refractivity contribution in [3.63, 3.8) is 0 Å². The smallest absolute Gasteiger partial charge is 0.410 e. The molecule has 6 heteroatoms. The van der Waals surface area contributed by atoms with Crippen LogP contribution in [0.3, 0.4) is 0 Å². The second-order valence-corrected chi connectivity index (χ2v) is 11.0. The first-order valence-corrected chi connectivity index (χ1v) is 12.7. The molecule has 190 valence electrons. The van der Waals surface area contributed by atoms with E-state index in [1.54, 1.807) is 6.92 Å². The highest BCUT2D eigenvalue weighted by Crippen LogP contribution is 2.31. The standard InChI is InChI=1S/C29H41N3O3/c1-21(2)17-25-18-24-13-10-14-27(30-22(3)33)26(24)20-31(25)15-16-32(28(34)35-29(4,5)6)19-23-11-8-7-9-12-23/h7-14,21,25H,15-20H2,1-6H3,(H,30,33). The lowest BCUT2D eigenvalue weighted by molar-refractivity contribution is -0.114. The zero-order chi connectivity index (χ0) is 25.6. The lowest BCUT2D eigenvalue weighted by atomic mass is 9.88. The molecule has 3 rings (SSSR count). The van der Waals surface area contributed by atoms with Crippen LogP contribution in [0.4, 0.5) is 10.5 Å². The second kappa shape index (κ2) is 11.7. The molecule has 1 heterocycles. The summed E-state index contributed by atoms with van der Waals surface area (Å²) in [6.45, 7) is 14.3. The fourth-order valence-electron chi connectivity index (χ4n) is 4.69. The van der Waals surface area contributed by atoms with Gasteiger partial charge in [0.15, 0.2) is 0 Å². The maximum absolute atomic E-state index is 13.1. The lowest BCUT2D eigenvalue weighted by Gasteiger charge is -2.39. The van der Waals surface area contributed by atoms with Crippen LogP contribution in [0, 0.1) is 5.92 Å². The van der Waals surface area contributed by atoms with Gasteiger partial charge in [0.05, 0.1) is 0 Å². The van der Waals surface area contributed by atoms with Crippen LogP contribution in [0.15, 0.2) is 48.5 Å². The first-order valence-electron chi connectivity index (χ1n) is 12.7. The van der Waals surface area contributed by atoms with Crippen LogP contribution in [-0.4, -0.2) is 46.5 Å². The van der Waals surface area contributed by atoms with Gasteiger partial charge in [-0.25, -0.2) is 4.79 Å². The van der Waals surface area contributed by atoms with Gasteiger partial charge < -0.3 is 15.0 Å². The summed E-state index contributed by atoms with van der Waals surface area (Å²) in [5, 5.41) is 3.00. The summed E-state index contributed by atoms with van der Waals surface area (Å²) in [5.41, 5.74) is 3.88. The Morgan fingerprint density at radius 3 is 2.46 bits per heavy atom. The zero-order valence-electron chi connectivity index (χ0n) is 22.1. The summed E-state index contributed by atoms with van der Waals surface area (Å²) in [6, 6.07) is 16.6. The SMILES string of the molecule is CC(=O)Nc1cccc2c1CN(CCN(Cc1ccccc1)C(=O)OC(C)(C)C)C(CC(C)C)C2. The molecule has 0 saturated heterocycles. The van der Waals surface area contributed by atoms with Crippen molar-refractivity contribution in [2.75, 3.05) is 18.4 Å². The third kappa shape index (κ3) is 8.10. The number of amides is 2. The molecule has 2 amide bonds. The molecule has 1 unspecified atom stereocenters. The third-order valence-corrected chi connectivity index (χ3v) is 6.19. The van der Waals surface area contributed by atoms with Crippen LogP contribution < -0.4 is 5.32 Å². The largest absolute Gasteiger partial charge is 0.444 e. The Bertz CT molecular complexity index is 998. The molecule has 35 heavy (non-hydrogen) atoms. The van der Waals surface area contributed by atoms with Crippen molar-refractivity contribution in [1.29, 1.82) is 0 Å². The van der Waals surface area contributed by atoms with Crippen molar-refractivity contribution in [2.24, 2.45) is 5.92 Å². The summed E-state index contributed by atoms with van der Waals surface area (Å²) < 4.78 is 5.74. The van der Waals surface area contributed by atoms with Crippen molar-refractivity contribution in [1.82, 2.24) is 9.80 Å². The Morgan fingerprint density at radius 1 is 1.11 bits per heavy atom. The Morgan fingerprint density at radius 2 is 1.83 bits per heavy atom. The maximum Gasteiger partial charge on any atom is 0.410 e. The number of ether oxygens (including phenoxy) is 1. The number of hydrogen-bond acceptors (Lipinski definition) is 4. The third-order valence-electron chi connectivity index (χ3n) is 6.19. The van der Waals surface area contributed by atoms with Crippen LogP contribution >= 0.6 is 0 Å². The first kappa shape index (κ1) is 26.7. The van der Waals surface area contributed by atoms with Gasteiger partial charge in [0.2, 0.25) is 5.91 Å². The van der Waals surface area contributed by atoms with Gasteiger partial charge in [0.1, 0.15) is 5.60 Å². The van der Waals surface area contributed by atoms with Crippen molar-refractivity contribution in [2.45, 2.75) is 79.1 Å². The van der Waals surface area contributed by atoms with E-state index in [1.807, 2.05) is 68.1 Å². The fourth-order valence-corrected chi connectivity index (χ4v) is 4.69. The number of nitrogens with zero attached hydrogens (tertiary/aromatic N) is 2. The summed E-state index contributed by atoms with van der Waals surface area (Å²) in [4.78, 5) is 29.2. The summed E-state index contributed by atoms with van der Waals surface area (Å²) in [5.74, 6) is 0.502. The molecule has 0 aliphatic carbocycles. The average Bonchev–Trinajstić information content (AvgIpc) is 2.75. The molecule has 6 nitrogen and oxygen atoms in total. The van der Waals surface area contributed by atoms with Gasteiger partial charge in [-0.15, -0.1) is 0 Å². The van der Waals surface area contributed by atoms with Crippen molar-refractivity contribution < 1.29 is 14.3 Å². The highest BCUT2D eigenvalue weighted by atomic mass is 16.6. The molecule has 1 aliphatic heterocycles. The molecule has 0 saturated carbocycles. The molecule has 0 radical (unpaired) electrons. The number of rotatable bonds is 8. The van der Waals surface area contributed by atoms with E-state index in [9.17, 15) is 9.59 Å². The van der Waals surface area contributed by atoms with Crippen molar-refractivity contribution in [3.8, 4) is 0 Å². The maximum atomic E-state index is 13.1. The highest BCUT2D eigenvalue weighted by molar-refractivity contribution is 5.89. The number of benzene rings is 2. The molecule has 1 atom stereocenters. The molecule has 2 aromatic rings. The number of carbonyl (C=O) groups excluding carboxylic acids is 2. The normalized spacial score (nSPS) is 16.0. The predicted molar refractivity (Wildman–Crippen MR) is 141 cm³/mol. The minimum atomic E-state index is -0.552. The zero-order valence-corrected chi connectivity index (χ0v) is 22.1. The van der Waals surface area contributed by atoms with E-state index >= 15 is 0 Å². The number of carbonyl (C=O) groups is 2. The number of fused-ring (bicyclic) bond motifs is 1. The van der Waals surface area contributed by atoms with Gasteiger partial charge in [0.25, 0.3) is 0 Å². The second-order valence-electron chi connectivity index (χ2n) is 11.0. The number of anilines is 1. The van der Waals surface area contributed by atoms with Gasteiger partial charge in [-0.2, -0.15) is 0 Å². The summed E-state index contributed by atoms with van der Waals surface area (Å²) in [6.07, 6.45) is 1.72. The van der Waals surface area contributed by atoms with E-state index < -0.39 is 5.60 Å². The molecular formula is C29H41N3O3. The monoisotopic (exact) mass is 479 g/mol. The van der Waals surface area contributed by atoms with E-state index in [0.29, 0.717) is 25.0 Å². The topological polar surface area (TPSA) is 61.9 Å². The van der Waals surface area contributed by atoms with Gasteiger partial charge in [-0.3, -0.25) is 9.69 Å². The fraction of sp³-hybridized carbons (Fsp3) is 0.517. The van der Waals surface area contributed by atoms with E-state index in [0.717, 1.165) is 37.2 Å². The minimum Gasteiger partial charge on any atom is -0.444 e. The van der Waals surface area contributed by atoms with Crippen molar-refractivity contribution >= 4 is 17.7 Å². The van der Waals surface area contributed by atoms with Gasteiger partial charge in [-0.05, 0) is 62.3 Å². The Labute approximate surface area is 210 Å². The number of nitrogens with one attached hydrogen (secondary N) is 1. The molecule has 0 aromatic heterocycles. The summed E-state index contributed by atoms with van der Waals surface area (Å²) >= 11 is 0. The lowest BCUT2D eigenvalue weighted by Crippen LogP contribution is -2.46. The highest BCUT2D eigenvalue weighted by Gasteiger charge is 2.30. The molecule has 0 spiro atoms. The predicted octanol–water partition coefficient (Wildman–Crippen LogP) is 5.86. The Balaban J connectivity index is 1.81. The van der Waals surface area contributed by atoms with Gasteiger partial charge in [0, 0.05) is 44.8 Å². The van der Waals surface area contributed by atoms with Gasteiger partial charge in [-0.1, -0.05) is 56.3 Å². The average molecular weight is 480 g/mol. The molecule has 2 aromatic carbocycles. The minimum absolute atomic E-state index is 0.0618. The van der Waals surface area contributed by atoms with Crippen molar-refractivity contribution in [3.05, 3.63) is 65.2 Å². The summed E-state index contributed by atoms with van der Waals surface area (Å²) in [7, 11) is 0. The molecule has 0 bridgehead atoms.